The van der Waals surface area contributed by atoms with Crippen molar-refractivity contribution in [2.45, 2.75) is 19.5 Å². The lowest BCUT2D eigenvalue weighted by molar-refractivity contribution is 0.151. The molecule has 0 aliphatic carbocycles. The maximum atomic E-state index is 5.58. The highest BCUT2D eigenvalue weighted by atomic mass is 16.5. The molecule has 1 unspecified atom stereocenters. The quantitative estimate of drug-likeness (QED) is 0.765. The second-order valence-corrected chi connectivity index (χ2v) is 6.50. The van der Waals surface area contributed by atoms with E-state index in [1.165, 1.54) is 11.1 Å². The molecule has 1 aromatic carbocycles. The zero-order valence-corrected chi connectivity index (χ0v) is 14.6. The Kier molecular flexibility index (Phi) is 4.38. The van der Waals surface area contributed by atoms with E-state index >= 15 is 0 Å². The molecule has 130 valence electrons. The van der Waals surface area contributed by atoms with Crippen molar-refractivity contribution >= 4 is 11.0 Å². The van der Waals surface area contributed by atoms with Gasteiger partial charge in [-0.1, -0.05) is 18.2 Å². The zero-order chi connectivity index (χ0) is 17.2. The van der Waals surface area contributed by atoms with E-state index in [-0.39, 0.29) is 6.04 Å². The van der Waals surface area contributed by atoms with Crippen LogP contribution in [0.15, 0.2) is 36.5 Å². The number of benzene rings is 1. The molecule has 6 heteroatoms. The lowest BCUT2D eigenvalue weighted by atomic mass is 10.0. The van der Waals surface area contributed by atoms with Crippen LogP contribution in [0.3, 0.4) is 0 Å². The largest absolute Gasteiger partial charge is 0.496 e. The predicted octanol–water partition coefficient (Wildman–Crippen LogP) is 2.42. The Morgan fingerprint density at radius 2 is 2.20 bits per heavy atom. The van der Waals surface area contributed by atoms with Crippen molar-refractivity contribution in [2.75, 3.05) is 26.7 Å². The number of pyridine rings is 1. The summed E-state index contributed by atoms with van der Waals surface area (Å²) in [6, 6.07) is 10.8. The van der Waals surface area contributed by atoms with Crippen molar-refractivity contribution in [3.63, 3.8) is 0 Å². The molecule has 1 fully saturated rings. The molecule has 2 N–H and O–H groups in total. The summed E-state index contributed by atoms with van der Waals surface area (Å²) < 4.78 is 5.58. The lowest BCUT2D eigenvalue weighted by Gasteiger charge is -2.37. The number of nitrogens with zero attached hydrogens (tertiary/aromatic N) is 3. The molecule has 1 aliphatic rings. The van der Waals surface area contributed by atoms with Crippen LogP contribution in [-0.4, -0.2) is 46.8 Å². The molecule has 2 aromatic heterocycles. The third-order valence-electron chi connectivity index (χ3n) is 4.89. The summed E-state index contributed by atoms with van der Waals surface area (Å²) in [7, 11) is 1.74. The SMILES string of the molecule is COc1ccccc1C1CNCCN1Cc1cnc2n[nH]c(C)c2c1. The summed E-state index contributed by atoms with van der Waals surface area (Å²) in [6.07, 6.45) is 1.93. The highest BCUT2D eigenvalue weighted by Gasteiger charge is 2.26. The van der Waals surface area contributed by atoms with Crippen molar-refractivity contribution in [2.24, 2.45) is 0 Å². The molecule has 0 amide bonds. The van der Waals surface area contributed by atoms with Crippen LogP contribution in [0.1, 0.15) is 22.9 Å². The van der Waals surface area contributed by atoms with E-state index in [4.69, 9.17) is 4.74 Å². The molecule has 0 saturated carbocycles. The van der Waals surface area contributed by atoms with E-state index in [1.54, 1.807) is 7.11 Å². The van der Waals surface area contributed by atoms with Crippen LogP contribution >= 0.6 is 0 Å². The minimum atomic E-state index is 0.283. The number of H-pyrrole nitrogens is 1. The van der Waals surface area contributed by atoms with E-state index < -0.39 is 0 Å². The molecule has 0 bridgehead atoms. The van der Waals surface area contributed by atoms with Gasteiger partial charge in [0.15, 0.2) is 5.65 Å². The predicted molar refractivity (Wildman–Crippen MR) is 97.6 cm³/mol. The Labute approximate surface area is 147 Å². The lowest BCUT2D eigenvalue weighted by Crippen LogP contribution is -2.45. The van der Waals surface area contributed by atoms with E-state index in [1.807, 2.05) is 25.3 Å². The molecule has 3 aromatic rings. The molecule has 0 radical (unpaired) electrons. The van der Waals surface area contributed by atoms with Gasteiger partial charge >= 0.3 is 0 Å². The Bertz CT molecular complexity index is 875. The van der Waals surface area contributed by atoms with Crippen molar-refractivity contribution in [3.05, 3.63) is 53.3 Å². The third kappa shape index (κ3) is 3.10. The molecular weight excluding hydrogens is 314 g/mol. The number of hydrogen-bond acceptors (Lipinski definition) is 5. The first-order chi connectivity index (χ1) is 12.3. The maximum Gasteiger partial charge on any atom is 0.181 e. The molecule has 1 saturated heterocycles. The smallest absolute Gasteiger partial charge is 0.181 e. The Hall–Kier alpha value is -2.44. The summed E-state index contributed by atoms with van der Waals surface area (Å²) in [5.74, 6) is 0.945. The van der Waals surface area contributed by atoms with E-state index in [9.17, 15) is 0 Å². The van der Waals surface area contributed by atoms with Crippen LogP contribution in [0, 0.1) is 6.92 Å². The molecule has 1 atom stereocenters. The fraction of sp³-hybridized carbons (Fsp3) is 0.368. The van der Waals surface area contributed by atoms with Crippen LogP contribution in [0.2, 0.25) is 0 Å². The van der Waals surface area contributed by atoms with E-state index in [0.29, 0.717) is 0 Å². The molecule has 6 nitrogen and oxygen atoms in total. The standard InChI is InChI=1S/C19H23N5O/c1-13-16-9-14(10-21-19(16)23-22-13)12-24-8-7-20-11-17(24)15-5-3-4-6-18(15)25-2/h3-6,9-10,17,20H,7-8,11-12H2,1-2H3,(H,21,22,23). The van der Waals surface area contributed by atoms with Gasteiger partial charge in [0.25, 0.3) is 0 Å². The fourth-order valence-corrected chi connectivity index (χ4v) is 3.57. The summed E-state index contributed by atoms with van der Waals surface area (Å²) in [4.78, 5) is 6.98. The minimum absolute atomic E-state index is 0.283. The fourth-order valence-electron chi connectivity index (χ4n) is 3.57. The van der Waals surface area contributed by atoms with Crippen LogP contribution in [0.5, 0.6) is 5.75 Å². The van der Waals surface area contributed by atoms with Gasteiger partial charge in [0.05, 0.1) is 13.2 Å². The molecule has 4 rings (SSSR count). The first kappa shape index (κ1) is 16.1. The van der Waals surface area contributed by atoms with Crippen molar-refractivity contribution in [1.82, 2.24) is 25.4 Å². The summed E-state index contributed by atoms with van der Waals surface area (Å²) in [5.41, 5.74) is 4.28. The Morgan fingerprint density at radius 3 is 3.08 bits per heavy atom. The molecular formula is C19H23N5O. The third-order valence-corrected chi connectivity index (χ3v) is 4.89. The number of nitrogens with one attached hydrogen (secondary N) is 2. The number of methoxy groups -OCH3 is 1. The number of ether oxygens (including phenoxy) is 1. The van der Waals surface area contributed by atoms with Gasteiger partial charge in [0.2, 0.25) is 0 Å². The van der Waals surface area contributed by atoms with Gasteiger partial charge in [0, 0.05) is 49.0 Å². The Morgan fingerprint density at radius 1 is 1.32 bits per heavy atom. The number of piperazine rings is 1. The monoisotopic (exact) mass is 337 g/mol. The molecule has 25 heavy (non-hydrogen) atoms. The first-order valence-electron chi connectivity index (χ1n) is 8.63. The van der Waals surface area contributed by atoms with Gasteiger partial charge < -0.3 is 10.1 Å². The Balaban J connectivity index is 1.63. The maximum absolute atomic E-state index is 5.58. The minimum Gasteiger partial charge on any atom is -0.496 e. The highest BCUT2D eigenvalue weighted by molar-refractivity contribution is 5.77. The van der Waals surface area contributed by atoms with Crippen LogP contribution in [0.4, 0.5) is 0 Å². The van der Waals surface area contributed by atoms with Gasteiger partial charge in [0.1, 0.15) is 5.75 Å². The average molecular weight is 337 g/mol. The first-order valence-corrected chi connectivity index (χ1v) is 8.63. The summed E-state index contributed by atoms with van der Waals surface area (Å²) in [6.45, 7) is 5.79. The number of aromatic amines is 1. The van der Waals surface area contributed by atoms with Crippen LogP contribution in [-0.2, 0) is 6.54 Å². The molecule has 3 heterocycles. The zero-order valence-electron chi connectivity index (χ0n) is 14.6. The number of aromatic nitrogens is 3. The van der Waals surface area contributed by atoms with Gasteiger partial charge in [-0.3, -0.25) is 10.00 Å². The number of para-hydroxylation sites is 1. The summed E-state index contributed by atoms with van der Waals surface area (Å²) in [5, 5.41) is 11.8. The number of hydrogen-bond donors (Lipinski definition) is 2. The van der Waals surface area contributed by atoms with Crippen LogP contribution < -0.4 is 10.1 Å². The second-order valence-electron chi connectivity index (χ2n) is 6.50. The van der Waals surface area contributed by atoms with Gasteiger partial charge in [-0.05, 0) is 24.6 Å². The topological polar surface area (TPSA) is 66.1 Å². The molecule has 0 spiro atoms. The number of aryl methyl sites for hydroxylation is 1. The normalized spacial score (nSPS) is 18.6. The van der Waals surface area contributed by atoms with Gasteiger partial charge in [-0.2, -0.15) is 5.10 Å². The number of fused-ring (bicyclic) bond motifs is 1. The van der Waals surface area contributed by atoms with Crippen molar-refractivity contribution in [1.29, 1.82) is 0 Å². The van der Waals surface area contributed by atoms with Crippen molar-refractivity contribution < 1.29 is 4.74 Å². The second kappa shape index (κ2) is 6.82. The van der Waals surface area contributed by atoms with Gasteiger partial charge in [-0.25, -0.2) is 4.98 Å². The van der Waals surface area contributed by atoms with Gasteiger partial charge in [-0.15, -0.1) is 0 Å². The van der Waals surface area contributed by atoms with E-state index in [2.05, 4.69) is 43.6 Å². The highest BCUT2D eigenvalue weighted by Crippen LogP contribution is 2.31. The number of rotatable bonds is 4. The van der Waals surface area contributed by atoms with Crippen LogP contribution in [0.25, 0.3) is 11.0 Å². The summed E-state index contributed by atoms with van der Waals surface area (Å²) >= 11 is 0. The van der Waals surface area contributed by atoms with E-state index in [0.717, 1.165) is 48.7 Å². The molecule has 1 aliphatic heterocycles. The van der Waals surface area contributed by atoms with Crippen molar-refractivity contribution in [3.8, 4) is 5.75 Å². The average Bonchev–Trinajstić information content (AvgIpc) is 3.03.